The van der Waals surface area contributed by atoms with Crippen molar-refractivity contribution in [3.8, 4) is 5.75 Å². The van der Waals surface area contributed by atoms with E-state index in [9.17, 15) is 18.0 Å². The molecule has 0 saturated heterocycles. The topological polar surface area (TPSA) is 50.4 Å². The maximum absolute atomic E-state index is 13.7. The average molecular weight is 418 g/mol. The molecule has 0 atom stereocenters. The highest BCUT2D eigenvalue weighted by atomic mass is 19.4. The molecule has 2 aromatic rings. The van der Waals surface area contributed by atoms with Crippen molar-refractivity contribution >= 4 is 11.7 Å². The van der Waals surface area contributed by atoms with Crippen molar-refractivity contribution in [1.82, 2.24) is 10.6 Å². The molecule has 2 N–H and O–H groups in total. The molecule has 3 rings (SSSR count). The summed E-state index contributed by atoms with van der Waals surface area (Å²) in [7, 11) is 0. The maximum atomic E-state index is 13.7. The molecule has 0 unspecified atom stereocenters. The Hall–Kier alpha value is -2.96. The van der Waals surface area contributed by atoms with Gasteiger partial charge in [0.05, 0.1) is 5.56 Å². The summed E-state index contributed by atoms with van der Waals surface area (Å²) in [6.45, 7) is 6.16. The fourth-order valence-corrected chi connectivity index (χ4v) is 3.06. The minimum absolute atomic E-state index is 0.122. The summed E-state index contributed by atoms with van der Waals surface area (Å²) < 4.78 is 46.9. The fourth-order valence-electron chi connectivity index (χ4n) is 3.06. The van der Waals surface area contributed by atoms with E-state index in [2.05, 4.69) is 17.2 Å². The monoisotopic (exact) mass is 418 g/mol. The number of alkyl halides is 3. The summed E-state index contributed by atoms with van der Waals surface area (Å²) in [5.41, 5.74) is 0.163. The van der Waals surface area contributed by atoms with Gasteiger partial charge < -0.3 is 15.4 Å². The lowest BCUT2D eigenvalue weighted by Gasteiger charge is -2.20. The Labute approximate surface area is 174 Å². The first-order valence-corrected chi connectivity index (χ1v) is 9.93. The highest BCUT2D eigenvalue weighted by Crippen LogP contribution is 2.38. The van der Waals surface area contributed by atoms with Gasteiger partial charge in [0.25, 0.3) is 0 Å². The van der Waals surface area contributed by atoms with E-state index in [-0.39, 0.29) is 17.9 Å². The lowest BCUT2D eigenvalue weighted by atomic mass is 9.99. The van der Waals surface area contributed by atoms with Crippen molar-refractivity contribution in [3.63, 3.8) is 0 Å². The highest BCUT2D eigenvalue weighted by Gasteiger charge is 2.35. The van der Waals surface area contributed by atoms with Gasteiger partial charge in [-0.1, -0.05) is 43.8 Å². The molecule has 0 radical (unpaired) electrons. The second-order valence-corrected chi connectivity index (χ2v) is 7.39. The summed E-state index contributed by atoms with van der Waals surface area (Å²) in [4.78, 5) is 12.0. The van der Waals surface area contributed by atoms with E-state index in [1.54, 1.807) is 6.92 Å². The van der Waals surface area contributed by atoms with Crippen LogP contribution in [0.1, 0.15) is 42.0 Å². The van der Waals surface area contributed by atoms with Gasteiger partial charge in [-0.25, -0.2) is 4.79 Å². The SMILES string of the molecule is C=C(NC(=O)NCC1CC1)c1cc(OCc2ccccc2)c(CC)cc1C(F)(F)F. The van der Waals surface area contributed by atoms with Gasteiger partial charge in [0, 0.05) is 17.8 Å². The zero-order chi connectivity index (χ0) is 21.7. The van der Waals surface area contributed by atoms with Crippen LogP contribution in [0.3, 0.4) is 0 Å². The maximum Gasteiger partial charge on any atom is 0.417 e. The molecular formula is C23H25F3N2O2. The van der Waals surface area contributed by atoms with Crippen LogP contribution in [0.25, 0.3) is 5.70 Å². The zero-order valence-corrected chi connectivity index (χ0v) is 16.8. The molecule has 1 fully saturated rings. The van der Waals surface area contributed by atoms with E-state index in [4.69, 9.17) is 4.74 Å². The number of carbonyl (C=O) groups excluding carboxylic acids is 1. The van der Waals surface area contributed by atoms with E-state index in [0.717, 1.165) is 24.5 Å². The molecule has 30 heavy (non-hydrogen) atoms. The Bertz CT molecular complexity index is 907. The van der Waals surface area contributed by atoms with Crippen molar-refractivity contribution in [3.05, 3.63) is 71.3 Å². The van der Waals surface area contributed by atoms with Gasteiger partial charge in [0.2, 0.25) is 0 Å². The standard InChI is InChI=1S/C23H25F3N2O2/c1-3-18-11-20(23(24,25)26)19(15(2)28-22(29)27-13-16-9-10-16)12-21(18)30-14-17-7-5-4-6-8-17/h4-8,11-12,16H,2-3,9-10,13-14H2,1H3,(H2,27,28,29). The van der Waals surface area contributed by atoms with Crippen molar-refractivity contribution in [2.24, 2.45) is 5.92 Å². The van der Waals surface area contributed by atoms with Crippen LogP contribution in [0.5, 0.6) is 5.75 Å². The van der Waals surface area contributed by atoms with Crippen molar-refractivity contribution in [2.75, 3.05) is 6.54 Å². The molecule has 1 saturated carbocycles. The molecule has 1 aliphatic carbocycles. The van der Waals surface area contributed by atoms with Gasteiger partial charge in [0.15, 0.2) is 0 Å². The summed E-state index contributed by atoms with van der Waals surface area (Å²) >= 11 is 0. The molecule has 160 valence electrons. The molecule has 1 aliphatic rings. The predicted octanol–water partition coefficient (Wildman–Crippen LogP) is 5.53. The number of halogens is 3. The molecule has 7 heteroatoms. The third kappa shape index (κ3) is 5.78. The van der Waals surface area contributed by atoms with Crippen LogP contribution in [0, 0.1) is 5.92 Å². The average Bonchev–Trinajstić information content (AvgIpc) is 3.54. The first-order chi connectivity index (χ1) is 14.3. The van der Waals surface area contributed by atoms with Gasteiger partial charge in [-0.2, -0.15) is 13.2 Å². The highest BCUT2D eigenvalue weighted by molar-refractivity contribution is 5.85. The van der Waals surface area contributed by atoms with Crippen LogP contribution in [0.4, 0.5) is 18.0 Å². The molecular weight excluding hydrogens is 393 g/mol. The number of ether oxygens (including phenoxy) is 1. The molecule has 0 bridgehead atoms. The predicted molar refractivity (Wildman–Crippen MR) is 110 cm³/mol. The van der Waals surface area contributed by atoms with Crippen LogP contribution in [0.2, 0.25) is 0 Å². The largest absolute Gasteiger partial charge is 0.489 e. The summed E-state index contributed by atoms with van der Waals surface area (Å²) in [5, 5.41) is 5.09. The zero-order valence-electron chi connectivity index (χ0n) is 16.8. The number of benzene rings is 2. The van der Waals surface area contributed by atoms with Crippen LogP contribution in [-0.2, 0) is 19.2 Å². The molecule has 0 spiro atoms. The quantitative estimate of drug-likeness (QED) is 0.593. The number of nitrogens with one attached hydrogen (secondary N) is 2. The Morgan fingerprint density at radius 3 is 2.50 bits per heavy atom. The minimum Gasteiger partial charge on any atom is -0.489 e. The van der Waals surface area contributed by atoms with Crippen LogP contribution in [0.15, 0.2) is 49.0 Å². The second-order valence-electron chi connectivity index (χ2n) is 7.39. The molecule has 2 aromatic carbocycles. The smallest absolute Gasteiger partial charge is 0.417 e. The van der Waals surface area contributed by atoms with E-state index in [1.165, 1.54) is 6.07 Å². The Kier molecular flexibility index (Phi) is 6.70. The van der Waals surface area contributed by atoms with Gasteiger partial charge in [0.1, 0.15) is 12.4 Å². The van der Waals surface area contributed by atoms with E-state index in [0.29, 0.717) is 30.2 Å². The van der Waals surface area contributed by atoms with E-state index >= 15 is 0 Å². The Morgan fingerprint density at radius 1 is 1.20 bits per heavy atom. The molecule has 0 aliphatic heterocycles. The van der Waals surface area contributed by atoms with E-state index in [1.807, 2.05) is 30.3 Å². The van der Waals surface area contributed by atoms with Crippen LogP contribution < -0.4 is 15.4 Å². The lowest BCUT2D eigenvalue weighted by molar-refractivity contribution is -0.137. The third-order valence-electron chi connectivity index (χ3n) is 4.96. The number of urea groups is 1. The number of rotatable bonds is 8. The van der Waals surface area contributed by atoms with E-state index < -0.39 is 17.8 Å². The molecule has 0 heterocycles. The summed E-state index contributed by atoms with van der Waals surface area (Å²) in [5.74, 6) is 0.794. The third-order valence-corrected chi connectivity index (χ3v) is 4.96. The number of amides is 2. The number of aryl methyl sites for hydroxylation is 1. The number of hydrogen-bond donors (Lipinski definition) is 2. The normalized spacial score (nSPS) is 13.6. The fraction of sp³-hybridized carbons (Fsp3) is 0.348. The molecule has 0 aromatic heterocycles. The Morgan fingerprint density at radius 2 is 1.90 bits per heavy atom. The second kappa shape index (κ2) is 9.24. The van der Waals surface area contributed by atoms with Gasteiger partial charge in [-0.15, -0.1) is 0 Å². The first-order valence-electron chi connectivity index (χ1n) is 9.93. The van der Waals surface area contributed by atoms with Gasteiger partial charge >= 0.3 is 12.2 Å². The van der Waals surface area contributed by atoms with Gasteiger partial charge in [-0.05, 0) is 48.4 Å². The molecule has 4 nitrogen and oxygen atoms in total. The van der Waals surface area contributed by atoms with Crippen molar-refractivity contribution in [2.45, 2.75) is 39.0 Å². The number of carbonyl (C=O) groups is 1. The molecule has 2 amide bonds. The van der Waals surface area contributed by atoms with Gasteiger partial charge in [-0.3, -0.25) is 0 Å². The summed E-state index contributed by atoms with van der Waals surface area (Å²) in [6.07, 6.45) is -2.11. The minimum atomic E-state index is -4.59. The van der Waals surface area contributed by atoms with Crippen LogP contribution >= 0.6 is 0 Å². The van der Waals surface area contributed by atoms with Crippen LogP contribution in [-0.4, -0.2) is 12.6 Å². The Balaban J connectivity index is 1.84. The van der Waals surface area contributed by atoms with Crippen molar-refractivity contribution in [1.29, 1.82) is 0 Å². The van der Waals surface area contributed by atoms with Crippen molar-refractivity contribution < 1.29 is 22.7 Å². The lowest BCUT2D eigenvalue weighted by Crippen LogP contribution is -2.35. The summed E-state index contributed by atoms with van der Waals surface area (Å²) in [6, 6.07) is 11.2. The first kappa shape index (κ1) is 21.7. The number of hydrogen-bond acceptors (Lipinski definition) is 2.